The van der Waals surface area contributed by atoms with Gasteiger partial charge in [0.1, 0.15) is 5.82 Å². The van der Waals surface area contributed by atoms with Gasteiger partial charge in [-0.2, -0.15) is 18.2 Å². The number of hydrogen-bond donors (Lipinski definition) is 0. The first-order valence-electron chi connectivity index (χ1n) is 9.05. The third kappa shape index (κ3) is 4.64. The van der Waals surface area contributed by atoms with Gasteiger partial charge in [0.05, 0.1) is 0 Å². The number of aromatic nitrogens is 2. The van der Waals surface area contributed by atoms with Crippen molar-refractivity contribution in [1.29, 1.82) is 0 Å². The highest BCUT2D eigenvalue weighted by molar-refractivity contribution is 8.00. The van der Waals surface area contributed by atoms with Gasteiger partial charge in [-0.25, -0.2) is 4.39 Å². The molecule has 1 saturated heterocycles. The lowest BCUT2D eigenvalue weighted by Crippen LogP contribution is -2.24. The van der Waals surface area contributed by atoms with Crippen LogP contribution in [0.15, 0.2) is 51.9 Å². The number of carbonyl (C=O) groups is 1. The predicted octanol–water partition coefficient (Wildman–Crippen LogP) is 5.28. The van der Waals surface area contributed by atoms with Gasteiger partial charge in [-0.05, 0) is 60.6 Å². The molecule has 3 aromatic rings. The molecule has 5 nitrogen and oxygen atoms in total. The summed E-state index contributed by atoms with van der Waals surface area (Å²) in [6.07, 6.45) is 1.23. The lowest BCUT2D eigenvalue weighted by atomic mass is 10.1. The van der Waals surface area contributed by atoms with Gasteiger partial charge in [0, 0.05) is 41.1 Å². The molecular weight excluding hydrogens is 422 g/mol. The average molecular weight is 437 g/mol. The number of amides is 1. The van der Waals surface area contributed by atoms with Crippen molar-refractivity contribution in [2.24, 2.45) is 0 Å². The number of benzene rings is 2. The van der Waals surface area contributed by atoms with E-state index in [1.54, 1.807) is 11.0 Å². The maximum Gasteiger partial charge on any atom is 0.446 e. The van der Waals surface area contributed by atoms with Crippen molar-refractivity contribution in [3.05, 3.63) is 53.8 Å². The average Bonchev–Trinajstić information content (AvgIpc) is 3.33. The van der Waals surface area contributed by atoms with Crippen LogP contribution >= 0.6 is 11.8 Å². The number of thioether (sulfide) groups is 1. The first-order valence-corrected chi connectivity index (χ1v) is 9.86. The van der Waals surface area contributed by atoms with Crippen LogP contribution in [0.3, 0.4) is 0 Å². The van der Waals surface area contributed by atoms with Crippen molar-refractivity contribution in [2.75, 3.05) is 6.54 Å². The van der Waals surface area contributed by atoms with Gasteiger partial charge in [-0.3, -0.25) is 4.79 Å². The Bertz CT molecular complexity index is 1070. The number of alkyl halides is 3. The molecule has 2 aromatic carbocycles. The topological polar surface area (TPSA) is 59.2 Å². The molecular formula is C20H15F4N3O2S. The zero-order valence-electron chi connectivity index (χ0n) is 15.4. The van der Waals surface area contributed by atoms with E-state index < -0.39 is 11.3 Å². The number of nitrogens with zero attached hydrogens (tertiary/aromatic N) is 3. The maximum absolute atomic E-state index is 14.2. The molecule has 10 heteroatoms. The molecule has 0 radical (unpaired) electrons. The van der Waals surface area contributed by atoms with Crippen LogP contribution < -0.4 is 0 Å². The Balaban J connectivity index is 1.54. The molecule has 1 fully saturated rings. The number of halogens is 4. The molecule has 0 unspecified atom stereocenters. The molecule has 1 amide bonds. The highest BCUT2D eigenvalue weighted by Gasteiger charge is 2.29. The van der Waals surface area contributed by atoms with Crippen molar-refractivity contribution >= 4 is 17.7 Å². The van der Waals surface area contributed by atoms with Crippen molar-refractivity contribution < 1.29 is 26.9 Å². The molecule has 0 aliphatic carbocycles. The van der Waals surface area contributed by atoms with Crippen LogP contribution in [-0.4, -0.2) is 33.0 Å². The summed E-state index contributed by atoms with van der Waals surface area (Å²) in [5.74, 6) is -0.0874. The van der Waals surface area contributed by atoms with Crippen molar-refractivity contribution in [3.63, 3.8) is 0 Å². The van der Waals surface area contributed by atoms with Crippen LogP contribution in [0.4, 0.5) is 17.6 Å². The monoisotopic (exact) mass is 437 g/mol. The molecule has 156 valence electrons. The second kappa shape index (κ2) is 8.10. The van der Waals surface area contributed by atoms with Crippen molar-refractivity contribution in [3.8, 4) is 22.8 Å². The number of carbonyl (C=O) groups excluding carboxylic acids is 1. The Labute approximate surface area is 173 Å². The minimum absolute atomic E-state index is 0.00576. The first-order chi connectivity index (χ1) is 14.3. The summed E-state index contributed by atoms with van der Waals surface area (Å²) in [6.45, 7) is 0.763. The standard InChI is InChI=1S/C20H15F4N3O2S/c21-16-8-5-13(10-14(16)11-27-9-1-2-17(27)28)18-25-19(29-26-18)12-3-6-15(7-4-12)30-20(22,23)24/h3-8,10H,1-2,9,11H2. The third-order valence-electron chi connectivity index (χ3n) is 4.60. The van der Waals surface area contributed by atoms with Gasteiger partial charge in [0.25, 0.3) is 5.89 Å². The molecule has 0 N–H and O–H groups in total. The van der Waals surface area contributed by atoms with E-state index in [0.717, 1.165) is 6.42 Å². The van der Waals surface area contributed by atoms with Crippen LogP contribution in [0.5, 0.6) is 0 Å². The molecule has 1 aliphatic rings. The van der Waals surface area contributed by atoms with E-state index in [1.807, 2.05) is 0 Å². The van der Waals surface area contributed by atoms with Crippen LogP contribution in [-0.2, 0) is 11.3 Å². The predicted molar refractivity (Wildman–Crippen MR) is 102 cm³/mol. The Morgan fingerprint density at radius 3 is 2.50 bits per heavy atom. The van der Waals surface area contributed by atoms with Gasteiger partial charge in [0.2, 0.25) is 11.7 Å². The Morgan fingerprint density at radius 1 is 1.10 bits per heavy atom. The Kier molecular flexibility index (Phi) is 5.50. The van der Waals surface area contributed by atoms with Crippen molar-refractivity contribution in [1.82, 2.24) is 15.0 Å². The minimum atomic E-state index is -4.36. The highest BCUT2D eigenvalue weighted by atomic mass is 32.2. The molecule has 0 atom stereocenters. The summed E-state index contributed by atoms with van der Waals surface area (Å²) in [6, 6.07) is 9.91. The second-order valence-electron chi connectivity index (χ2n) is 6.72. The molecule has 2 heterocycles. The van der Waals surface area contributed by atoms with E-state index in [4.69, 9.17) is 4.52 Å². The summed E-state index contributed by atoms with van der Waals surface area (Å²) < 4.78 is 56.7. The minimum Gasteiger partial charge on any atom is -0.338 e. The van der Waals surface area contributed by atoms with Crippen LogP contribution in [0.2, 0.25) is 0 Å². The number of rotatable bonds is 5. The van der Waals surface area contributed by atoms with Crippen LogP contribution in [0.25, 0.3) is 22.8 Å². The van der Waals surface area contributed by atoms with Gasteiger partial charge in [-0.1, -0.05) is 5.16 Å². The third-order valence-corrected chi connectivity index (χ3v) is 5.34. The van der Waals surface area contributed by atoms with Gasteiger partial charge in [-0.15, -0.1) is 0 Å². The first kappa shape index (κ1) is 20.4. The summed E-state index contributed by atoms with van der Waals surface area (Å²) in [4.78, 5) is 17.7. The SMILES string of the molecule is O=C1CCCN1Cc1cc(-c2noc(-c3ccc(SC(F)(F)F)cc3)n2)ccc1F. The van der Waals surface area contributed by atoms with E-state index in [9.17, 15) is 22.4 Å². The van der Waals surface area contributed by atoms with E-state index in [0.29, 0.717) is 29.7 Å². The van der Waals surface area contributed by atoms with Gasteiger partial charge < -0.3 is 9.42 Å². The highest BCUT2D eigenvalue weighted by Crippen LogP contribution is 2.37. The normalized spacial score (nSPS) is 14.5. The maximum atomic E-state index is 14.2. The van der Waals surface area contributed by atoms with Gasteiger partial charge in [0.15, 0.2) is 0 Å². The molecule has 1 aliphatic heterocycles. The molecule has 0 saturated carbocycles. The zero-order chi connectivity index (χ0) is 21.3. The fourth-order valence-electron chi connectivity index (χ4n) is 3.17. The summed E-state index contributed by atoms with van der Waals surface area (Å²) in [5.41, 5.74) is -3.04. The van der Waals surface area contributed by atoms with E-state index in [2.05, 4.69) is 10.1 Å². The lowest BCUT2D eigenvalue weighted by molar-refractivity contribution is -0.128. The second-order valence-corrected chi connectivity index (χ2v) is 7.86. The zero-order valence-corrected chi connectivity index (χ0v) is 16.3. The Morgan fingerprint density at radius 2 is 1.83 bits per heavy atom. The molecule has 0 bridgehead atoms. The molecule has 1 aromatic heterocycles. The van der Waals surface area contributed by atoms with E-state index in [1.165, 1.54) is 36.4 Å². The summed E-state index contributed by atoms with van der Waals surface area (Å²) in [5, 5.41) is 3.89. The summed E-state index contributed by atoms with van der Waals surface area (Å²) in [7, 11) is 0. The summed E-state index contributed by atoms with van der Waals surface area (Å²) >= 11 is -0.207. The molecule has 30 heavy (non-hydrogen) atoms. The largest absolute Gasteiger partial charge is 0.446 e. The van der Waals surface area contributed by atoms with Crippen LogP contribution in [0.1, 0.15) is 18.4 Å². The van der Waals surface area contributed by atoms with Crippen molar-refractivity contribution in [2.45, 2.75) is 29.8 Å². The number of hydrogen-bond acceptors (Lipinski definition) is 5. The fourth-order valence-corrected chi connectivity index (χ4v) is 3.71. The molecule has 4 rings (SSSR count). The molecule has 0 spiro atoms. The van der Waals surface area contributed by atoms with Gasteiger partial charge >= 0.3 is 5.51 Å². The quantitative estimate of drug-likeness (QED) is 0.402. The smallest absolute Gasteiger partial charge is 0.338 e. The number of likely N-dealkylation sites (tertiary alicyclic amines) is 1. The fraction of sp³-hybridized carbons (Fsp3) is 0.250. The van der Waals surface area contributed by atoms with E-state index >= 15 is 0 Å². The Hall–Kier alpha value is -2.88. The van der Waals surface area contributed by atoms with E-state index in [-0.39, 0.29) is 40.8 Å². The van der Waals surface area contributed by atoms with Crippen LogP contribution in [0, 0.1) is 5.82 Å². The lowest BCUT2D eigenvalue weighted by Gasteiger charge is -2.16.